The van der Waals surface area contributed by atoms with Gasteiger partial charge in [0.1, 0.15) is 18.0 Å². The molecule has 0 aliphatic carbocycles. The molecule has 8 nitrogen and oxygen atoms in total. The summed E-state index contributed by atoms with van der Waals surface area (Å²) in [6.07, 6.45) is 0.878. The lowest BCUT2D eigenvalue weighted by atomic mass is 9.91. The zero-order valence-corrected chi connectivity index (χ0v) is 22.1. The number of ether oxygens (including phenoxy) is 3. The van der Waals surface area contributed by atoms with Gasteiger partial charge in [0.05, 0.1) is 32.6 Å². The van der Waals surface area contributed by atoms with Crippen LogP contribution in [-0.2, 0) is 14.3 Å². The first-order valence-electron chi connectivity index (χ1n) is 12.1. The lowest BCUT2D eigenvalue weighted by molar-refractivity contribution is -0.143. The molecule has 1 atom stereocenters. The number of carbonyl (C=O) groups is 2. The van der Waals surface area contributed by atoms with Crippen LogP contribution in [-0.4, -0.2) is 68.5 Å². The molecular weight excluding hydrogens is 458 g/mol. The highest BCUT2D eigenvalue weighted by atomic mass is 16.5. The summed E-state index contributed by atoms with van der Waals surface area (Å²) in [5.74, 6) is 1.14. The van der Waals surface area contributed by atoms with Gasteiger partial charge in [-0.3, -0.25) is 9.59 Å². The maximum absolute atomic E-state index is 13.6. The van der Waals surface area contributed by atoms with Crippen molar-refractivity contribution in [3.05, 3.63) is 59.7 Å². The number of rotatable bonds is 10. The Bertz CT molecular complexity index is 1080. The molecule has 2 aromatic carbocycles. The van der Waals surface area contributed by atoms with Gasteiger partial charge < -0.3 is 19.1 Å². The van der Waals surface area contributed by atoms with Crippen molar-refractivity contribution in [2.75, 3.05) is 41.0 Å². The molecule has 0 bridgehead atoms. The number of hydrogen-bond acceptors (Lipinski definition) is 6. The topological polar surface area (TPSA) is 80.7 Å². The van der Waals surface area contributed by atoms with Crippen LogP contribution in [0.2, 0.25) is 0 Å². The van der Waals surface area contributed by atoms with Gasteiger partial charge in [-0.2, -0.15) is 5.10 Å². The number of amides is 2. The molecule has 0 fully saturated rings. The van der Waals surface area contributed by atoms with Crippen LogP contribution in [0.4, 0.5) is 0 Å². The van der Waals surface area contributed by atoms with Crippen LogP contribution in [0.3, 0.4) is 0 Å². The first-order chi connectivity index (χ1) is 17.1. The van der Waals surface area contributed by atoms with Gasteiger partial charge >= 0.3 is 0 Å². The third-order valence-electron chi connectivity index (χ3n) is 6.00. The summed E-state index contributed by atoms with van der Waals surface area (Å²) in [5, 5.41) is 6.26. The van der Waals surface area contributed by atoms with Gasteiger partial charge in [-0.25, -0.2) is 5.01 Å². The molecule has 0 saturated carbocycles. The van der Waals surface area contributed by atoms with Gasteiger partial charge in [0.25, 0.3) is 5.91 Å². The zero-order valence-electron chi connectivity index (χ0n) is 22.1. The van der Waals surface area contributed by atoms with Gasteiger partial charge in [-0.1, -0.05) is 45.0 Å². The molecule has 0 radical (unpaired) electrons. The average molecular weight is 496 g/mol. The second-order valence-corrected chi connectivity index (χ2v) is 10.1. The highest BCUT2D eigenvalue weighted by Gasteiger charge is 2.35. The fourth-order valence-electron chi connectivity index (χ4n) is 4.10. The van der Waals surface area contributed by atoms with Crippen molar-refractivity contribution >= 4 is 17.5 Å². The molecular formula is C28H37N3O5. The fourth-order valence-corrected chi connectivity index (χ4v) is 4.10. The van der Waals surface area contributed by atoms with E-state index in [0.717, 1.165) is 28.3 Å². The molecule has 0 unspecified atom stereocenters. The van der Waals surface area contributed by atoms with Crippen molar-refractivity contribution in [2.45, 2.75) is 39.7 Å². The van der Waals surface area contributed by atoms with Crippen LogP contribution >= 0.6 is 0 Å². The van der Waals surface area contributed by atoms with Crippen LogP contribution in [0.25, 0.3) is 0 Å². The van der Waals surface area contributed by atoms with Crippen molar-refractivity contribution in [3.63, 3.8) is 0 Å². The van der Waals surface area contributed by atoms with Crippen LogP contribution in [0, 0.1) is 5.41 Å². The second-order valence-electron chi connectivity index (χ2n) is 10.1. The van der Waals surface area contributed by atoms with E-state index in [4.69, 9.17) is 19.3 Å². The molecule has 0 N–H and O–H groups in total. The summed E-state index contributed by atoms with van der Waals surface area (Å²) in [6, 6.07) is 15.0. The Morgan fingerprint density at radius 3 is 2.33 bits per heavy atom. The number of hydrogen-bond donors (Lipinski definition) is 0. The maximum atomic E-state index is 13.6. The minimum absolute atomic E-state index is 0.0696. The Balaban J connectivity index is 1.91. The summed E-state index contributed by atoms with van der Waals surface area (Å²) in [5.41, 5.74) is 2.42. The Kier molecular flexibility index (Phi) is 9.09. The Morgan fingerprint density at radius 2 is 1.72 bits per heavy atom. The quantitative estimate of drug-likeness (QED) is 0.491. The SMILES string of the molecule is COCCN(CC(=O)N1N=C(c2cccc(OC)c2)C[C@@H]1c1ccc(OC)cc1)C(=O)CC(C)(C)C. The van der Waals surface area contributed by atoms with E-state index in [0.29, 0.717) is 26.0 Å². The Morgan fingerprint density at radius 1 is 1.03 bits per heavy atom. The van der Waals surface area contributed by atoms with Crippen molar-refractivity contribution in [1.82, 2.24) is 9.91 Å². The number of benzene rings is 2. The molecule has 3 rings (SSSR count). The highest BCUT2D eigenvalue weighted by molar-refractivity contribution is 6.03. The first-order valence-corrected chi connectivity index (χ1v) is 12.1. The predicted octanol–water partition coefficient (Wildman–Crippen LogP) is 4.29. The molecule has 0 spiro atoms. The normalized spacial score (nSPS) is 15.4. The van der Waals surface area contributed by atoms with E-state index in [1.807, 2.05) is 69.3 Å². The van der Waals surface area contributed by atoms with Gasteiger partial charge in [0.2, 0.25) is 5.91 Å². The standard InChI is InChI=1S/C28H37N3O5/c1-28(2,3)18-26(32)30(14-15-34-4)19-27(33)31-25(20-10-12-22(35-5)13-11-20)17-24(29-31)21-8-7-9-23(16-21)36-6/h7-13,16,25H,14-15,17-19H2,1-6H3/t25-/m1/s1. The van der Waals surface area contributed by atoms with E-state index >= 15 is 0 Å². The smallest absolute Gasteiger partial charge is 0.262 e. The second kappa shape index (κ2) is 12.0. The monoisotopic (exact) mass is 495 g/mol. The van der Waals surface area contributed by atoms with E-state index in [1.54, 1.807) is 26.2 Å². The molecule has 194 valence electrons. The maximum Gasteiger partial charge on any atom is 0.262 e. The lowest BCUT2D eigenvalue weighted by Gasteiger charge is -2.29. The molecule has 1 heterocycles. The third-order valence-corrected chi connectivity index (χ3v) is 6.00. The van der Waals surface area contributed by atoms with Crippen molar-refractivity contribution in [1.29, 1.82) is 0 Å². The average Bonchev–Trinajstić information content (AvgIpc) is 3.31. The van der Waals surface area contributed by atoms with E-state index in [2.05, 4.69) is 0 Å². The van der Waals surface area contributed by atoms with Crippen molar-refractivity contribution < 1.29 is 23.8 Å². The fraction of sp³-hybridized carbons (Fsp3) is 0.464. The number of carbonyl (C=O) groups excluding carboxylic acids is 2. The summed E-state index contributed by atoms with van der Waals surface area (Å²) in [7, 11) is 4.82. The third kappa shape index (κ3) is 7.07. The van der Waals surface area contributed by atoms with E-state index in [-0.39, 0.29) is 29.8 Å². The van der Waals surface area contributed by atoms with Gasteiger partial charge in [0.15, 0.2) is 0 Å². The Hall–Kier alpha value is -3.39. The number of hydrazone groups is 1. The largest absolute Gasteiger partial charge is 0.497 e. The lowest BCUT2D eigenvalue weighted by Crippen LogP contribution is -2.43. The predicted molar refractivity (Wildman–Crippen MR) is 139 cm³/mol. The van der Waals surface area contributed by atoms with Crippen LogP contribution in [0.5, 0.6) is 11.5 Å². The number of nitrogens with zero attached hydrogens (tertiary/aromatic N) is 3. The number of methoxy groups -OCH3 is 3. The Labute approximate surface area is 213 Å². The molecule has 1 aliphatic rings. The molecule has 0 aromatic heterocycles. The van der Waals surface area contributed by atoms with Crippen LogP contribution < -0.4 is 9.47 Å². The van der Waals surface area contributed by atoms with Crippen LogP contribution in [0.15, 0.2) is 53.6 Å². The summed E-state index contributed by atoms with van der Waals surface area (Å²) in [4.78, 5) is 28.2. The van der Waals surface area contributed by atoms with E-state index in [9.17, 15) is 9.59 Å². The highest BCUT2D eigenvalue weighted by Crippen LogP contribution is 2.34. The minimum atomic E-state index is -0.299. The van der Waals surface area contributed by atoms with Crippen molar-refractivity contribution in [2.24, 2.45) is 10.5 Å². The van der Waals surface area contributed by atoms with Gasteiger partial charge in [-0.05, 0) is 35.2 Å². The van der Waals surface area contributed by atoms with Gasteiger partial charge in [0, 0.05) is 32.1 Å². The van der Waals surface area contributed by atoms with E-state index in [1.165, 1.54) is 5.01 Å². The first kappa shape index (κ1) is 27.2. The summed E-state index contributed by atoms with van der Waals surface area (Å²) in [6.45, 7) is 6.64. The minimum Gasteiger partial charge on any atom is -0.497 e. The van der Waals surface area contributed by atoms with E-state index < -0.39 is 0 Å². The summed E-state index contributed by atoms with van der Waals surface area (Å²) < 4.78 is 15.9. The molecule has 2 aromatic rings. The van der Waals surface area contributed by atoms with Gasteiger partial charge in [-0.15, -0.1) is 0 Å². The molecule has 36 heavy (non-hydrogen) atoms. The van der Waals surface area contributed by atoms with Crippen LogP contribution in [0.1, 0.15) is 50.8 Å². The molecule has 0 saturated heterocycles. The molecule has 1 aliphatic heterocycles. The molecule has 2 amide bonds. The zero-order chi connectivity index (χ0) is 26.3. The molecule has 8 heteroatoms. The van der Waals surface area contributed by atoms with Crippen molar-refractivity contribution in [3.8, 4) is 11.5 Å². The summed E-state index contributed by atoms with van der Waals surface area (Å²) >= 11 is 0.